The van der Waals surface area contributed by atoms with Crippen molar-refractivity contribution in [3.8, 4) is 5.75 Å². The molecule has 2 aromatic rings. The molecule has 4 nitrogen and oxygen atoms in total. The summed E-state index contributed by atoms with van der Waals surface area (Å²) in [5.74, 6) is 0.886. The highest BCUT2D eigenvalue weighted by Gasteiger charge is 2.12. The molecule has 0 unspecified atom stereocenters. The highest BCUT2D eigenvalue weighted by atomic mass is 16.5. The van der Waals surface area contributed by atoms with E-state index in [1.165, 1.54) is 10.9 Å². The molecular weight excluding hydrogens is 240 g/mol. The van der Waals surface area contributed by atoms with Crippen LogP contribution in [0, 0.1) is 0 Å². The fourth-order valence-corrected chi connectivity index (χ4v) is 2.59. The summed E-state index contributed by atoms with van der Waals surface area (Å²) in [5, 5.41) is 4.55. The Labute approximate surface area is 113 Å². The number of nitrogens with one attached hydrogen (secondary N) is 1. The minimum atomic E-state index is 0.886. The van der Waals surface area contributed by atoms with Crippen LogP contribution in [0.2, 0.25) is 0 Å². The van der Waals surface area contributed by atoms with Crippen molar-refractivity contribution >= 4 is 11.0 Å². The fraction of sp³-hybridized carbons (Fsp3) is 0.467. The molecule has 0 bridgehead atoms. The Kier molecular flexibility index (Phi) is 3.71. The average molecular weight is 260 g/mol. The van der Waals surface area contributed by atoms with Crippen LogP contribution in [0.25, 0.3) is 11.0 Å². The van der Waals surface area contributed by atoms with Gasteiger partial charge < -0.3 is 19.4 Å². The number of rotatable bonds is 4. The van der Waals surface area contributed by atoms with Gasteiger partial charge >= 0.3 is 0 Å². The van der Waals surface area contributed by atoms with Gasteiger partial charge in [0.25, 0.3) is 0 Å². The van der Waals surface area contributed by atoms with E-state index >= 15 is 0 Å². The van der Waals surface area contributed by atoms with E-state index in [9.17, 15) is 0 Å². The van der Waals surface area contributed by atoms with Crippen LogP contribution in [-0.4, -0.2) is 44.7 Å². The third-order valence-electron chi connectivity index (χ3n) is 3.77. The highest BCUT2D eigenvalue weighted by molar-refractivity contribution is 5.82. The maximum atomic E-state index is 5.60. The van der Waals surface area contributed by atoms with Crippen molar-refractivity contribution < 1.29 is 9.15 Å². The Bertz CT molecular complexity index is 544. The van der Waals surface area contributed by atoms with Gasteiger partial charge in [-0.2, -0.15) is 0 Å². The molecule has 1 saturated heterocycles. The molecular formula is C15H20N2O2. The van der Waals surface area contributed by atoms with Crippen molar-refractivity contribution in [2.45, 2.75) is 6.42 Å². The predicted molar refractivity (Wildman–Crippen MR) is 75.8 cm³/mol. The van der Waals surface area contributed by atoms with E-state index in [0.717, 1.165) is 50.5 Å². The fourth-order valence-electron chi connectivity index (χ4n) is 2.59. The van der Waals surface area contributed by atoms with Gasteiger partial charge in [-0.05, 0) is 30.2 Å². The van der Waals surface area contributed by atoms with E-state index in [0.29, 0.717) is 0 Å². The zero-order valence-electron chi connectivity index (χ0n) is 11.3. The Morgan fingerprint density at radius 1 is 1.32 bits per heavy atom. The zero-order chi connectivity index (χ0) is 13.1. The van der Waals surface area contributed by atoms with Gasteiger partial charge in [0.1, 0.15) is 11.3 Å². The molecule has 19 heavy (non-hydrogen) atoms. The van der Waals surface area contributed by atoms with Gasteiger partial charge in [-0.1, -0.05) is 0 Å². The first-order valence-electron chi connectivity index (χ1n) is 6.84. The standard InChI is InChI=1S/C15H20N2O2/c1-18-13-2-3-15-14(10-13)12(11-19-15)4-7-17-8-5-16-6-9-17/h2-3,10-11,16H,4-9H2,1H3. The van der Waals surface area contributed by atoms with E-state index in [1.54, 1.807) is 7.11 Å². The van der Waals surface area contributed by atoms with Gasteiger partial charge in [-0.25, -0.2) is 0 Å². The molecule has 0 aliphatic carbocycles. The summed E-state index contributed by atoms with van der Waals surface area (Å²) in [5.41, 5.74) is 2.21. The lowest BCUT2D eigenvalue weighted by Gasteiger charge is -2.26. The predicted octanol–water partition coefficient (Wildman–Crippen LogP) is 1.89. The molecule has 1 aromatic heterocycles. The van der Waals surface area contributed by atoms with Crippen molar-refractivity contribution in [2.75, 3.05) is 39.8 Å². The Balaban J connectivity index is 1.72. The summed E-state index contributed by atoms with van der Waals surface area (Å²) in [6.45, 7) is 5.56. The van der Waals surface area contributed by atoms with Crippen molar-refractivity contribution in [3.05, 3.63) is 30.0 Å². The molecule has 3 rings (SSSR count). The third-order valence-corrected chi connectivity index (χ3v) is 3.77. The molecule has 0 atom stereocenters. The van der Waals surface area contributed by atoms with Crippen LogP contribution in [0.1, 0.15) is 5.56 Å². The maximum absolute atomic E-state index is 5.60. The zero-order valence-corrected chi connectivity index (χ0v) is 11.3. The molecule has 1 aliphatic heterocycles. The van der Waals surface area contributed by atoms with E-state index in [-0.39, 0.29) is 0 Å². The summed E-state index contributed by atoms with van der Waals surface area (Å²) in [4.78, 5) is 2.50. The largest absolute Gasteiger partial charge is 0.497 e. The van der Waals surface area contributed by atoms with E-state index in [1.807, 2.05) is 18.4 Å². The van der Waals surface area contributed by atoms with Crippen LogP contribution in [0.4, 0.5) is 0 Å². The average Bonchev–Trinajstić information content (AvgIpc) is 2.88. The van der Waals surface area contributed by atoms with Gasteiger partial charge in [0, 0.05) is 38.1 Å². The normalized spacial score (nSPS) is 16.9. The molecule has 0 spiro atoms. The second kappa shape index (κ2) is 5.63. The Morgan fingerprint density at radius 2 is 2.16 bits per heavy atom. The smallest absolute Gasteiger partial charge is 0.134 e. The molecule has 0 radical (unpaired) electrons. The van der Waals surface area contributed by atoms with Crippen molar-refractivity contribution in [3.63, 3.8) is 0 Å². The molecule has 0 saturated carbocycles. The van der Waals surface area contributed by atoms with Crippen LogP contribution in [0.3, 0.4) is 0 Å². The minimum Gasteiger partial charge on any atom is -0.497 e. The van der Waals surface area contributed by atoms with Crippen LogP contribution in [-0.2, 0) is 6.42 Å². The van der Waals surface area contributed by atoms with Crippen molar-refractivity contribution in [2.24, 2.45) is 0 Å². The van der Waals surface area contributed by atoms with Crippen LogP contribution in [0.5, 0.6) is 5.75 Å². The number of methoxy groups -OCH3 is 1. The second-order valence-corrected chi connectivity index (χ2v) is 4.96. The number of benzene rings is 1. The van der Waals surface area contributed by atoms with Gasteiger partial charge in [-0.15, -0.1) is 0 Å². The number of hydrogen-bond donors (Lipinski definition) is 1. The van der Waals surface area contributed by atoms with Gasteiger partial charge in [-0.3, -0.25) is 0 Å². The van der Waals surface area contributed by atoms with Gasteiger partial charge in [0.15, 0.2) is 0 Å². The molecule has 1 fully saturated rings. The lowest BCUT2D eigenvalue weighted by atomic mass is 10.1. The molecule has 1 aromatic carbocycles. The van der Waals surface area contributed by atoms with Gasteiger partial charge in [0.2, 0.25) is 0 Å². The summed E-state index contributed by atoms with van der Waals surface area (Å²) < 4.78 is 10.9. The summed E-state index contributed by atoms with van der Waals surface area (Å²) in [6.07, 6.45) is 2.91. The molecule has 102 valence electrons. The van der Waals surface area contributed by atoms with Crippen molar-refractivity contribution in [1.29, 1.82) is 0 Å². The van der Waals surface area contributed by atoms with Gasteiger partial charge in [0.05, 0.1) is 13.4 Å². The molecule has 0 amide bonds. The molecule has 2 heterocycles. The minimum absolute atomic E-state index is 0.886. The first-order chi connectivity index (χ1) is 9.36. The molecule has 1 aliphatic rings. The molecule has 4 heteroatoms. The number of fused-ring (bicyclic) bond motifs is 1. The quantitative estimate of drug-likeness (QED) is 0.911. The first-order valence-corrected chi connectivity index (χ1v) is 6.84. The number of hydrogen-bond acceptors (Lipinski definition) is 4. The number of piperazine rings is 1. The summed E-state index contributed by atoms with van der Waals surface area (Å²) in [6, 6.07) is 5.97. The maximum Gasteiger partial charge on any atom is 0.134 e. The van der Waals surface area contributed by atoms with Crippen LogP contribution >= 0.6 is 0 Å². The Hall–Kier alpha value is -1.52. The third kappa shape index (κ3) is 2.74. The summed E-state index contributed by atoms with van der Waals surface area (Å²) in [7, 11) is 1.70. The topological polar surface area (TPSA) is 37.6 Å². The number of furan rings is 1. The Morgan fingerprint density at radius 3 is 2.95 bits per heavy atom. The second-order valence-electron chi connectivity index (χ2n) is 4.96. The van der Waals surface area contributed by atoms with E-state index < -0.39 is 0 Å². The number of ether oxygens (including phenoxy) is 1. The summed E-state index contributed by atoms with van der Waals surface area (Å²) >= 11 is 0. The van der Waals surface area contributed by atoms with Crippen LogP contribution < -0.4 is 10.1 Å². The monoisotopic (exact) mass is 260 g/mol. The lowest BCUT2D eigenvalue weighted by Crippen LogP contribution is -2.44. The highest BCUT2D eigenvalue weighted by Crippen LogP contribution is 2.26. The lowest BCUT2D eigenvalue weighted by molar-refractivity contribution is 0.244. The SMILES string of the molecule is COc1ccc2occ(CCN3CCNCC3)c2c1. The van der Waals surface area contributed by atoms with Crippen molar-refractivity contribution in [1.82, 2.24) is 10.2 Å². The van der Waals surface area contributed by atoms with E-state index in [4.69, 9.17) is 9.15 Å². The van der Waals surface area contributed by atoms with Crippen LogP contribution in [0.15, 0.2) is 28.9 Å². The van der Waals surface area contributed by atoms with E-state index in [2.05, 4.69) is 16.3 Å². The first kappa shape index (κ1) is 12.5. The number of nitrogens with zero attached hydrogens (tertiary/aromatic N) is 1. The molecule has 1 N–H and O–H groups in total.